The molecule has 162 valence electrons. The van der Waals surface area contributed by atoms with Crippen molar-refractivity contribution in [3.05, 3.63) is 29.3 Å². The predicted octanol–water partition coefficient (Wildman–Crippen LogP) is 2.95. The molecule has 1 atom stereocenters. The molecule has 0 aromatic heterocycles. The average Bonchev–Trinajstić information content (AvgIpc) is 3.25. The van der Waals surface area contributed by atoms with Gasteiger partial charge in [0.15, 0.2) is 5.96 Å². The minimum absolute atomic E-state index is 0.159. The zero-order chi connectivity index (χ0) is 20.5. The number of piperidine rings is 1. The Hall–Kier alpha value is -1.79. The minimum atomic E-state index is 0.159. The van der Waals surface area contributed by atoms with Gasteiger partial charge in [-0.05, 0) is 63.4 Å². The van der Waals surface area contributed by atoms with E-state index < -0.39 is 0 Å². The van der Waals surface area contributed by atoms with Crippen LogP contribution >= 0.6 is 0 Å². The molecule has 2 N–H and O–H groups in total. The average molecular weight is 403 g/mol. The number of guanidine groups is 1. The Morgan fingerprint density at radius 1 is 1.24 bits per heavy atom. The van der Waals surface area contributed by atoms with E-state index >= 15 is 0 Å². The maximum absolute atomic E-state index is 6.20. The lowest BCUT2D eigenvalue weighted by molar-refractivity contribution is 0.140. The van der Waals surface area contributed by atoms with E-state index in [1.54, 1.807) is 0 Å². The van der Waals surface area contributed by atoms with Crippen molar-refractivity contribution in [3.63, 3.8) is 0 Å². The Morgan fingerprint density at radius 3 is 2.76 bits per heavy atom. The lowest BCUT2D eigenvalue weighted by Gasteiger charge is -2.31. The van der Waals surface area contributed by atoms with Crippen LogP contribution in [0.25, 0.3) is 0 Å². The quantitative estimate of drug-likeness (QED) is 0.517. The van der Waals surface area contributed by atoms with Gasteiger partial charge in [-0.1, -0.05) is 19.1 Å². The standard InChI is InChI=1S/C23H38N4O2/c1-4-27-12-8-19(9-13-27)7-11-25-23(24-3)26-16-20-6-5-18(2)15-22(20)29-21-10-14-28-17-21/h5-6,15,19,21H,4,7-14,16-17H2,1-3H3,(H2,24,25,26). The predicted molar refractivity (Wildman–Crippen MR) is 119 cm³/mol. The molecule has 6 heteroatoms. The molecule has 0 bridgehead atoms. The zero-order valence-electron chi connectivity index (χ0n) is 18.4. The van der Waals surface area contributed by atoms with Crippen LogP contribution in [0.2, 0.25) is 0 Å². The Balaban J connectivity index is 1.44. The van der Waals surface area contributed by atoms with Gasteiger partial charge in [0.25, 0.3) is 0 Å². The summed E-state index contributed by atoms with van der Waals surface area (Å²) in [6.07, 6.45) is 4.96. The van der Waals surface area contributed by atoms with E-state index in [-0.39, 0.29) is 6.10 Å². The van der Waals surface area contributed by atoms with Gasteiger partial charge in [-0.15, -0.1) is 0 Å². The SMILES string of the molecule is CCN1CCC(CCNC(=NC)NCc2ccc(C)cc2OC2CCOC2)CC1. The molecular weight excluding hydrogens is 364 g/mol. The molecule has 29 heavy (non-hydrogen) atoms. The van der Waals surface area contributed by atoms with Crippen LogP contribution in [0.15, 0.2) is 23.2 Å². The third-order valence-corrected chi connectivity index (χ3v) is 6.07. The summed E-state index contributed by atoms with van der Waals surface area (Å²) < 4.78 is 11.7. The van der Waals surface area contributed by atoms with E-state index in [2.05, 4.69) is 52.6 Å². The van der Waals surface area contributed by atoms with Crippen LogP contribution in [0.4, 0.5) is 0 Å². The van der Waals surface area contributed by atoms with Gasteiger partial charge in [0, 0.05) is 32.1 Å². The van der Waals surface area contributed by atoms with Crippen molar-refractivity contribution in [1.29, 1.82) is 0 Å². The summed E-state index contributed by atoms with van der Waals surface area (Å²) in [6, 6.07) is 6.39. The molecule has 0 radical (unpaired) electrons. The van der Waals surface area contributed by atoms with E-state index in [1.807, 2.05) is 7.05 Å². The summed E-state index contributed by atoms with van der Waals surface area (Å²) in [5, 5.41) is 6.92. The summed E-state index contributed by atoms with van der Waals surface area (Å²) in [5.41, 5.74) is 2.36. The van der Waals surface area contributed by atoms with Crippen LogP contribution in [-0.4, -0.2) is 63.4 Å². The van der Waals surface area contributed by atoms with Crippen LogP contribution in [0.3, 0.4) is 0 Å². The number of ether oxygens (including phenoxy) is 2. The molecule has 0 spiro atoms. The summed E-state index contributed by atoms with van der Waals surface area (Å²) >= 11 is 0. The van der Waals surface area contributed by atoms with Gasteiger partial charge in [0.05, 0.1) is 13.2 Å². The third-order valence-electron chi connectivity index (χ3n) is 6.07. The first-order valence-corrected chi connectivity index (χ1v) is 11.2. The lowest BCUT2D eigenvalue weighted by Crippen LogP contribution is -2.39. The molecule has 0 saturated carbocycles. The molecule has 2 fully saturated rings. The highest BCUT2D eigenvalue weighted by atomic mass is 16.5. The number of benzene rings is 1. The largest absolute Gasteiger partial charge is 0.488 e. The van der Waals surface area contributed by atoms with Crippen molar-refractivity contribution in [2.45, 2.75) is 52.2 Å². The molecule has 6 nitrogen and oxygen atoms in total. The van der Waals surface area contributed by atoms with Crippen LogP contribution in [-0.2, 0) is 11.3 Å². The van der Waals surface area contributed by atoms with Crippen LogP contribution < -0.4 is 15.4 Å². The van der Waals surface area contributed by atoms with Gasteiger partial charge in [0.2, 0.25) is 0 Å². The van der Waals surface area contributed by atoms with Gasteiger partial charge >= 0.3 is 0 Å². The molecule has 1 aromatic rings. The van der Waals surface area contributed by atoms with E-state index in [4.69, 9.17) is 9.47 Å². The number of rotatable bonds is 8. The van der Waals surface area contributed by atoms with Gasteiger partial charge in [-0.2, -0.15) is 0 Å². The molecule has 2 heterocycles. The number of aryl methyl sites for hydroxylation is 1. The number of nitrogens with one attached hydrogen (secondary N) is 2. The molecule has 2 saturated heterocycles. The number of likely N-dealkylation sites (tertiary alicyclic amines) is 1. The number of hydrogen-bond donors (Lipinski definition) is 2. The van der Waals surface area contributed by atoms with Gasteiger partial charge in [-0.3, -0.25) is 4.99 Å². The zero-order valence-corrected chi connectivity index (χ0v) is 18.4. The minimum Gasteiger partial charge on any atom is -0.488 e. The number of nitrogens with zero attached hydrogens (tertiary/aromatic N) is 2. The van der Waals surface area contributed by atoms with E-state index in [0.29, 0.717) is 13.2 Å². The first-order chi connectivity index (χ1) is 14.2. The van der Waals surface area contributed by atoms with Crippen molar-refractivity contribution < 1.29 is 9.47 Å². The lowest BCUT2D eigenvalue weighted by atomic mass is 9.93. The molecular formula is C23H38N4O2. The second kappa shape index (κ2) is 11.4. The van der Waals surface area contributed by atoms with E-state index in [0.717, 1.165) is 42.8 Å². The Kier molecular flexibility index (Phi) is 8.62. The smallest absolute Gasteiger partial charge is 0.191 e. The number of hydrogen-bond acceptors (Lipinski definition) is 4. The second-order valence-corrected chi connectivity index (χ2v) is 8.23. The molecule has 2 aliphatic heterocycles. The molecule has 0 aliphatic carbocycles. The maximum Gasteiger partial charge on any atom is 0.191 e. The molecule has 0 amide bonds. The topological polar surface area (TPSA) is 58.1 Å². The first kappa shape index (κ1) is 21.9. The van der Waals surface area contributed by atoms with Gasteiger partial charge in [-0.25, -0.2) is 0 Å². The maximum atomic E-state index is 6.20. The van der Waals surface area contributed by atoms with Crippen molar-refractivity contribution in [1.82, 2.24) is 15.5 Å². The fraction of sp³-hybridized carbons (Fsp3) is 0.696. The molecule has 1 unspecified atom stereocenters. The van der Waals surface area contributed by atoms with Crippen LogP contribution in [0.1, 0.15) is 43.7 Å². The fourth-order valence-corrected chi connectivity index (χ4v) is 4.09. The normalized spacial score (nSPS) is 21.3. The highest BCUT2D eigenvalue weighted by molar-refractivity contribution is 5.79. The summed E-state index contributed by atoms with van der Waals surface area (Å²) in [5.74, 6) is 2.63. The second-order valence-electron chi connectivity index (χ2n) is 8.23. The van der Waals surface area contributed by atoms with Crippen LogP contribution in [0.5, 0.6) is 5.75 Å². The van der Waals surface area contributed by atoms with E-state index in [9.17, 15) is 0 Å². The van der Waals surface area contributed by atoms with Crippen molar-refractivity contribution in [3.8, 4) is 5.75 Å². The fourth-order valence-electron chi connectivity index (χ4n) is 4.09. The monoisotopic (exact) mass is 402 g/mol. The molecule has 1 aromatic carbocycles. The third kappa shape index (κ3) is 6.89. The Morgan fingerprint density at radius 2 is 2.07 bits per heavy atom. The van der Waals surface area contributed by atoms with E-state index in [1.165, 1.54) is 44.5 Å². The molecule has 3 rings (SSSR count). The highest BCUT2D eigenvalue weighted by Crippen LogP contribution is 2.24. The Labute approximate surface area is 176 Å². The summed E-state index contributed by atoms with van der Waals surface area (Å²) in [4.78, 5) is 6.93. The number of aliphatic imine (C=N–C) groups is 1. The Bertz CT molecular complexity index is 650. The summed E-state index contributed by atoms with van der Waals surface area (Å²) in [7, 11) is 1.83. The first-order valence-electron chi connectivity index (χ1n) is 11.2. The van der Waals surface area contributed by atoms with Gasteiger partial charge < -0.3 is 25.0 Å². The van der Waals surface area contributed by atoms with Gasteiger partial charge in [0.1, 0.15) is 11.9 Å². The highest BCUT2D eigenvalue weighted by Gasteiger charge is 2.19. The van der Waals surface area contributed by atoms with Crippen LogP contribution in [0, 0.1) is 12.8 Å². The van der Waals surface area contributed by atoms with Crippen molar-refractivity contribution in [2.75, 3.05) is 46.4 Å². The van der Waals surface area contributed by atoms with Crippen molar-refractivity contribution in [2.24, 2.45) is 10.9 Å². The molecule has 2 aliphatic rings. The summed E-state index contributed by atoms with van der Waals surface area (Å²) in [6.45, 7) is 11.2. The van der Waals surface area contributed by atoms with Crippen molar-refractivity contribution >= 4 is 5.96 Å².